The average molecular weight is 306 g/mol. The van der Waals surface area contributed by atoms with Gasteiger partial charge in [0, 0.05) is 24.2 Å². The van der Waals surface area contributed by atoms with Crippen LogP contribution in [-0.4, -0.2) is 42.2 Å². The van der Waals surface area contributed by atoms with Crippen molar-refractivity contribution in [3.05, 3.63) is 22.2 Å². The normalized spacial score (nSPS) is 16.3. The van der Waals surface area contributed by atoms with Gasteiger partial charge < -0.3 is 10.5 Å². The highest BCUT2D eigenvalue weighted by Crippen LogP contribution is 2.34. The number of amides is 1. The lowest BCUT2D eigenvalue weighted by Gasteiger charge is -2.26. The standard InChI is InChI=1S/C14H18N4O2S/c1-8-7-9(2)16-14-10(8)11(15)12(21-14)13(19)17-18-3-5-20-6-4-18/h7H,3-6,15H2,1-2H3,(H,17,19). The Bertz CT molecular complexity index is 692. The van der Waals surface area contributed by atoms with E-state index in [9.17, 15) is 4.79 Å². The fourth-order valence-electron chi connectivity index (χ4n) is 2.51. The van der Waals surface area contributed by atoms with Gasteiger partial charge in [-0.2, -0.15) is 0 Å². The summed E-state index contributed by atoms with van der Waals surface area (Å²) in [6.07, 6.45) is 0. The number of nitrogens with one attached hydrogen (secondary N) is 1. The summed E-state index contributed by atoms with van der Waals surface area (Å²) in [5, 5.41) is 2.75. The lowest BCUT2D eigenvalue weighted by molar-refractivity contribution is 0.0128. The number of nitrogen functional groups attached to an aromatic ring is 1. The predicted octanol–water partition coefficient (Wildman–Crippen LogP) is 1.47. The van der Waals surface area contributed by atoms with Gasteiger partial charge in [0.2, 0.25) is 0 Å². The van der Waals surface area contributed by atoms with Crippen molar-refractivity contribution in [3.8, 4) is 0 Å². The molecule has 1 aliphatic heterocycles. The summed E-state index contributed by atoms with van der Waals surface area (Å²) < 4.78 is 5.26. The molecule has 2 aromatic heterocycles. The van der Waals surface area contributed by atoms with Gasteiger partial charge in [0.15, 0.2) is 0 Å². The summed E-state index contributed by atoms with van der Waals surface area (Å²) in [5.41, 5.74) is 11.6. The maximum absolute atomic E-state index is 12.4. The first kappa shape index (κ1) is 14.2. The smallest absolute Gasteiger partial charge is 0.277 e. The summed E-state index contributed by atoms with van der Waals surface area (Å²) >= 11 is 1.34. The van der Waals surface area contributed by atoms with E-state index in [1.165, 1.54) is 11.3 Å². The van der Waals surface area contributed by atoms with Gasteiger partial charge in [0.05, 0.1) is 18.9 Å². The number of rotatable bonds is 2. The number of anilines is 1. The van der Waals surface area contributed by atoms with Gasteiger partial charge in [-0.05, 0) is 25.5 Å². The lowest BCUT2D eigenvalue weighted by Crippen LogP contribution is -2.48. The Labute approximate surface area is 126 Å². The molecule has 7 heteroatoms. The van der Waals surface area contributed by atoms with Crippen molar-refractivity contribution in [1.82, 2.24) is 15.4 Å². The number of hydrogen-bond acceptors (Lipinski definition) is 6. The third-order valence-corrected chi connectivity index (χ3v) is 4.60. The second-order valence-electron chi connectivity index (χ2n) is 5.15. The number of thiophene rings is 1. The molecule has 0 spiro atoms. The molecule has 0 bridgehead atoms. The van der Waals surface area contributed by atoms with E-state index in [1.807, 2.05) is 24.9 Å². The SMILES string of the molecule is Cc1cc(C)c2c(N)c(C(=O)NN3CCOCC3)sc2n1. The van der Waals surface area contributed by atoms with Crippen LogP contribution in [0.25, 0.3) is 10.2 Å². The fourth-order valence-corrected chi connectivity index (χ4v) is 3.61. The number of hydrogen-bond donors (Lipinski definition) is 2. The Morgan fingerprint density at radius 3 is 2.86 bits per heavy atom. The van der Waals surface area contributed by atoms with Crippen LogP contribution < -0.4 is 11.2 Å². The van der Waals surface area contributed by atoms with E-state index < -0.39 is 0 Å². The highest BCUT2D eigenvalue weighted by Gasteiger charge is 2.21. The zero-order chi connectivity index (χ0) is 15.0. The Hall–Kier alpha value is -1.70. The molecular formula is C14H18N4O2S. The molecule has 2 aromatic rings. The van der Waals surface area contributed by atoms with E-state index in [1.54, 1.807) is 0 Å². The summed E-state index contributed by atoms with van der Waals surface area (Å²) in [4.78, 5) is 18.2. The van der Waals surface area contributed by atoms with Crippen LogP contribution in [0.2, 0.25) is 0 Å². The van der Waals surface area contributed by atoms with Crippen LogP contribution in [-0.2, 0) is 4.74 Å². The molecule has 0 radical (unpaired) electrons. The summed E-state index contributed by atoms with van der Waals surface area (Å²) in [6, 6.07) is 1.98. The van der Waals surface area contributed by atoms with E-state index in [0.717, 1.165) is 21.5 Å². The van der Waals surface area contributed by atoms with Crippen molar-refractivity contribution < 1.29 is 9.53 Å². The van der Waals surface area contributed by atoms with Gasteiger partial charge in [-0.25, -0.2) is 9.99 Å². The predicted molar refractivity (Wildman–Crippen MR) is 83.4 cm³/mol. The molecule has 0 unspecified atom stereocenters. The number of aryl methyl sites for hydroxylation is 2. The molecule has 1 amide bonds. The van der Waals surface area contributed by atoms with Gasteiger partial charge in [-0.1, -0.05) is 0 Å². The van der Waals surface area contributed by atoms with Gasteiger partial charge in [0.25, 0.3) is 5.91 Å². The number of nitrogens with zero attached hydrogens (tertiary/aromatic N) is 2. The Morgan fingerprint density at radius 2 is 2.14 bits per heavy atom. The molecule has 0 aliphatic carbocycles. The van der Waals surface area contributed by atoms with E-state index in [2.05, 4.69) is 10.4 Å². The molecule has 1 fully saturated rings. The lowest BCUT2D eigenvalue weighted by atomic mass is 10.1. The first-order valence-electron chi connectivity index (χ1n) is 6.86. The molecule has 112 valence electrons. The van der Waals surface area contributed by atoms with Crippen molar-refractivity contribution in [2.45, 2.75) is 13.8 Å². The molecular weight excluding hydrogens is 288 g/mol. The monoisotopic (exact) mass is 306 g/mol. The van der Waals surface area contributed by atoms with Crippen molar-refractivity contribution in [1.29, 1.82) is 0 Å². The average Bonchev–Trinajstić information content (AvgIpc) is 2.77. The number of aromatic nitrogens is 1. The number of pyridine rings is 1. The topological polar surface area (TPSA) is 80.5 Å². The van der Waals surface area contributed by atoms with Gasteiger partial charge in [-0.3, -0.25) is 10.2 Å². The highest BCUT2D eigenvalue weighted by molar-refractivity contribution is 7.21. The van der Waals surface area contributed by atoms with Crippen LogP contribution in [0.3, 0.4) is 0 Å². The molecule has 3 rings (SSSR count). The van der Waals surface area contributed by atoms with Crippen LogP contribution in [0.4, 0.5) is 5.69 Å². The van der Waals surface area contributed by atoms with E-state index >= 15 is 0 Å². The number of carbonyl (C=O) groups is 1. The summed E-state index contributed by atoms with van der Waals surface area (Å²) in [5.74, 6) is -0.172. The second kappa shape index (κ2) is 5.59. The molecule has 6 nitrogen and oxygen atoms in total. The Morgan fingerprint density at radius 1 is 1.43 bits per heavy atom. The maximum Gasteiger partial charge on any atom is 0.277 e. The first-order valence-corrected chi connectivity index (χ1v) is 7.68. The number of fused-ring (bicyclic) bond motifs is 1. The van der Waals surface area contributed by atoms with Gasteiger partial charge in [0.1, 0.15) is 9.71 Å². The molecule has 3 N–H and O–H groups in total. The van der Waals surface area contributed by atoms with Gasteiger partial charge in [-0.15, -0.1) is 11.3 Å². The third-order valence-electron chi connectivity index (χ3n) is 3.50. The van der Waals surface area contributed by atoms with Crippen LogP contribution >= 0.6 is 11.3 Å². The number of nitrogens with two attached hydrogens (primary N) is 1. The minimum atomic E-state index is -0.172. The number of ether oxygens (including phenoxy) is 1. The molecule has 1 saturated heterocycles. The minimum Gasteiger partial charge on any atom is -0.397 e. The quantitative estimate of drug-likeness (QED) is 0.878. The fraction of sp³-hybridized carbons (Fsp3) is 0.429. The van der Waals surface area contributed by atoms with Crippen LogP contribution in [0, 0.1) is 13.8 Å². The van der Waals surface area contributed by atoms with Crippen molar-refractivity contribution in [2.75, 3.05) is 32.0 Å². The van der Waals surface area contributed by atoms with Gasteiger partial charge >= 0.3 is 0 Å². The Balaban J connectivity index is 1.91. The molecule has 21 heavy (non-hydrogen) atoms. The molecule has 0 atom stereocenters. The second-order valence-corrected chi connectivity index (χ2v) is 6.14. The van der Waals surface area contributed by atoms with Crippen LogP contribution in [0.15, 0.2) is 6.07 Å². The molecule has 3 heterocycles. The van der Waals surface area contributed by atoms with Crippen molar-refractivity contribution in [2.24, 2.45) is 0 Å². The summed E-state index contributed by atoms with van der Waals surface area (Å²) in [7, 11) is 0. The van der Waals surface area contributed by atoms with E-state index in [0.29, 0.717) is 36.9 Å². The van der Waals surface area contributed by atoms with E-state index in [4.69, 9.17) is 10.5 Å². The van der Waals surface area contributed by atoms with E-state index in [-0.39, 0.29) is 5.91 Å². The van der Waals surface area contributed by atoms with Crippen molar-refractivity contribution in [3.63, 3.8) is 0 Å². The molecule has 1 aliphatic rings. The minimum absolute atomic E-state index is 0.172. The zero-order valence-corrected chi connectivity index (χ0v) is 12.9. The third kappa shape index (κ3) is 2.72. The highest BCUT2D eigenvalue weighted by atomic mass is 32.1. The molecule has 0 saturated carbocycles. The maximum atomic E-state index is 12.4. The van der Waals surface area contributed by atoms with Crippen LogP contribution in [0.1, 0.15) is 20.9 Å². The summed E-state index contributed by atoms with van der Waals surface area (Å²) in [6.45, 7) is 6.56. The number of hydrazine groups is 1. The van der Waals surface area contributed by atoms with Crippen LogP contribution in [0.5, 0.6) is 0 Å². The number of morpholine rings is 1. The first-order chi connectivity index (χ1) is 10.1. The number of carbonyl (C=O) groups excluding carboxylic acids is 1. The Kier molecular flexibility index (Phi) is 3.79. The van der Waals surface area contributed by atoms with Crippen molar-refractivity contribution >= 4 is 33.1 Å². The zero-order valence-electron chi connectivity index (χ0n) is 12.1. The molecule has 0 aromatic carbocycles. The largest absolute Gasteiger partial charge is 0.397 e.